The lowest BCUT2D eigenvalue weighted by Gasteiger charge is -2.50. The molecular formula is C27H29N5O9S2. The summed E-state index contributed by atoms with van der Waals surface area (Å²) in [6, 6.07) is 6.05. The maximum atomic E-state index is 13.6. The smallest absolute Gasteiger partial charge is 0.355 e. The number of fused-ring (bicyclic) bond motifs is 1. The van der Waals surface area contributed by atoms with Crippen LogP contribution in [0.4, 0.5) is 5.13 Å². The molecule has 228 valence electrons. The quantitative estimate of drug-likeness (QED) is 0.166. The third-order valence-corrected chi connectivity index (χ3v) is 9.02. The largest absolute Gasteiger partial charge is 0.497 e. The highest BCUT2D eigenvalue weighted by Gasteiger charge is 2.56. The first-order valence-corrected chi connectivity index (χ1v) is 15.0. The molecule has 2 amide bonds. The number of rotatable bonds is 10. The maximum Gasteiger partial charge on any atom is 0.355 e. The number of benzene rings is 1. The van der Waals surface area contributed by atoms with Crippen molar-refractivity contribution >= 4 is 57.7 Å². The van der Waals surface area contributed by atoms with Gasteiger partial charge in [-0.3, -0.25) is 14.5 Å². The highest BCUT2D eigenvalue weighted by atomic mass is 32.2. The zero-order valence-corrected chi connectivity index (χ0v) is 25.1. The maximum absolute atomic E-state index is 13.6. The van der Waals surface area contributed by atoms with E-state index in [0.29, 0.717) is 35.5 Å². The Morgan fingerprint density at radius 2 is 1.95 bits per heavy atom. The number of oxime groups is 1. The number of thiazole rings is 1. The SMILES string of the molecule is CO/N=C(/C(=O)N[C@@H]1C(=O)N2C(C(=O)OCc3ccc(OC)cc3)=C([C@@H]3CC[C@H](C(=O)OC)O3)CS[C@H]12)c1csc(N)n1. The number of hydrogen-bond donors (Lipinski definition) is 2. The predicted molar refractivity (Wildman–Crippen MR) is 155 cm³/mol. The number of thioether (sulfide) groups is 1. The van der Waals surface area contributed by atoms with Crippen molar-refractivity contribution in [3.63, 3.8) is 0 Å². The van der Waals surface area contributed by atoms with Gasteiger partial charge in [0.1, 0.15) is 42.3 Å². The number of amides is 2. The van der Waals surface area contributed by atoms with Crippen LogP contribution in [0, 0.1) is 0 Å². The molecule has 0 saturated carbocycles. The third-order valence-electron chi connectivity index (χ3n) is 7.04. The van der Waals surface area contributed by atoms with E-state index in [-0.39, 0.29) is 28.8 Å². The number of anilines is 1. The summed E-state index contributed by atoms with van der Waals surface area (Å²) in [5.74, 6) is -1.48. The average molecular weight is 632 g/mol. The number of nitrogens with one attached hydrogen (secondary N) is 1. The van der Waals surface area contributed by atoms with Crippen LogP contribution in [-0.2, 0) is 44.8 Å². The molecule has 5 rings (SSSR count). The second-order valence-corrected chi connectivity index (χ2v) is 11.6. The highest BCUT2D eigenvalue weighted by Crippen LogP contribution is 2.44. The van der Waals surface area contributed by atoms with Gasteiger partial charge in [0.05, 0.1) is 20.3 Å². The summed E-state index contributed by atoms with van der Waals surface area (Å²) in [4.78, 5) is 62.5. The lowest BCUT2D eigenvalue weighted by molar-refractivity contribution is -0.154. The van der Waals surface area contributed by atoms with Crippen LogP contribution in [0.2, 0.25) is 0 Å². The molecule has 0 spiro atoms. The molecule has 3 aliphatic heterocycles. The molecule has 3 aliphatic rings. The molecule has 2 saturated heterocycles. The van der Waals surface area contributed by atoms with Crippen molar-refractivity contribution < 1.29 is 43.0 Å². The Hall–Kier alpha value is -4.15. The van der Waals surface area contributed by atoms with E-state index in [1.807, 2.05) is 0 Å². The number of nitrogens with zero attached hydrogens (tertiary/aromatic N) is 3. The first-order valence-electron chi connectivity index (χ1n) is 13.1. The Kier molecular flexibility index (Phi) is 9.17. The van der Waals surface area contributed by atoms with Crippen molar-refractivity contribution in [2.24, 2.45) is 5.16 Å². The number of aromatic nitrogens is 1. The molecule has 0 radical (unpaired) electrons. The summed E-state index contributed by atoms with van der Waals surface area (Å²) in [6.45, 7) is -0.0520. The number of nitrogens with two attached hydrogens (primary N) is 1. The first kappa shape index (κ1) is 30.3. The van der Waals surface area contributed by atoms with Gasteiger partial charge in [0, 0.05) is 11.1 Å². The van der Waals surface area contributed by atoms with E-state index in [4.69, 9.17) is 29.5 Å². The van der Waals surface area contributed by atoms with Crippen LogP contribution >= 0.6 is 23.1 Å². The number of carbonyl (C=O) groups is 4. The van der Waals surface area contributed by atoms with E-state index < -0.39 is 47.4 Å². The van der Waals surface area contributed by atoms with Crippen LogP contribution in [0.15, 0.2) is 46.1 Å². The standard InChI is InChI=1S/C27H29N5O9S2/c1-37-14-6-4-13(5-7-14)10-40-26(36)21-15(17-8-9-18(41-17)25(35)38-2)11-42-24-20(23(34)32(21)24)30-22(33)19(31-39-3)16-12-43-27(28)29-16/h4-7,12,17-18,20,24H,8-11H2,1-3H3,(H2,28,29)(H,30,33)/b31-19+/t17-,18+,20+,24+/m0/s1. The van der Waals surface area contributed by atoms with E-state index in [1.54, 1.807) is 36.8 Å². The topological polar surface area (TPSA) is 181 Å². The summed E-state index contributed by atoms with van der Waals surface area (Å²) in [5, 5.41) is 7.62. The molecule has 1 aromatic heterocycles. The fourth-order valence-electron chi connectivity index (χ4n) is 4.92. The summed E-state index contributed by atoms with van der Waals surface area (Å²) >= 11 is 2.48. The van der Waals surface area contributed by atoms with Crippen molar-refractivity contribution in [1.29, 1.82) is 0 Å². The molecule has 3 N–H and O–H groups in total. The van der Waals surface area contributed by atoms with E-state index in [2.05, 4.69) is 15.5 Å². The van der Waals surface area contributed by atoms with Crippen molar-refractivity contribution in [2.45, 2.75) is 43.1 Å². The Morgan fingerprint density at radius 3 is 2.60 bits per heavy atom. The Balaban J connectivity index is 1.37. The molecular weight excluding hydrogens is 602 g/mol. The van der Waals surface area contributed by atoms with Crippen molar-refractivity contribution in [2.75, 3.05) is 32.8 Å². The zero-order valence-electron chi connectivity index (χ0n) is 23.4. The summed E-state index contributed by atoms with van der Waals surface area (Å²) in [5.41, 5.74) is 7.05. The van der Waals surface area contributed by atoms with Gasteiger partial charge in [-0.25, -0.2) is 14.6 Å². The van der Waals surface area contributed by atoms with E-state index in [9.17, 15) is 19.2 Å². The van der Waals surface area contributed by atoms with Gasteiger partial charge >= 0.3 is 11.9 Å². The second kappa shape index (κ2) is 13.0. The molecule has 43 heavy (non-hydrogen) atoms. The minimum atomic E-state index is -0.964. The second-order valence-electron chi connectivity index (χ2n) is 9.57. The van der Waals surface area contributed by atoms with Gasteiger partial charge in [-0.2, -0.15) is 0 Å². The number of nitrogen functional groups attached to an aromatic ring is 1. The fraction of sp³-hybridized carbons (Fsp3) is 0.407. The predicted octanol–water partition coefficient (Wildman–Crippen LogP) is 1.20. The van der Waals surface area contributed by atoms with Crippen LogP contribution < -0.4 is 15.8 Å². The normalized spacial score (nSPS) is 23.3. The molecule has 0 aliphatic carbocycles. The molecule has 0 unspecified atom stereocenters. The van der Waals surface area contributed by atoms with Gasteiger partial charge < -0.3 is 34.8 Å². The van der Waals surface area contributed by atoms with Gasteiger partial charge in [0.15, 0.2) is 16.9 Å². The summed E-state index contributed by atoms with van der Waals surface area (Å²) in [7, 11) is 4.11. The van der Waals surface area contributed by atoms with Gasteiger partial charge in [0.25, 0.3) is 11.8 Å². The molecule has 14 nitrogen and oxygen atoms in total. The third kappa shape index (κ3) is 6.16. The summed E-state index contributed by atoms with van der Waals surface area (Å²) in [6.07, 6.45) is -0.526. The molecule has 16 heteroatoms. The Morgan fingerprint density at radius 1 is 1.19 bits per heavy atom. The van der Waals surface area contributed by atoms with Crippen LogP contribution in [0.1, 0.15) is 24.1 Å². The lowest BCUT2D eigenvalue weighted by atomic mass is 9.98. The number of β-lactam (4-membered cyclic amide) rings is 1. The molecule has 4 heterocycles. The monoisotopic (exact) mass is 631 g/mol. The minimum Gasteiger partial charge on any atom is -0.497 e. The van der Waals surface area contributed by atoms with Gasteiger partial charge in [-0.1, -0.05) is 17.3 Å². The number of ether oxygens (including phenoxy) is 4. The summed E-state index contributed by atoms with van der Waals surface area (Å²) < 4.78 is 21.6. The van der Waals surface area contributed by atoms with Crippen LogP contribution in [0.5, 0.6) is 5.75 Å². The van der Waals surface area contributed by atoms with Crippen LogP contribution in [-0.4, -0.2) is 90.1 Å². The molecule has 4 atom stereocenters. The molecule has 2 aromatic rings. The van der Waals surface area contributed by atoms with E-state index in [1.165, 1.54) is 30.9 Å². The fourth-order valence-corrected chi connectivity index (χ4v) is 6.87. The highest BCUT2D eigenvalue weighted by molar-refractivity contribution is 8.00. The Labute approximate surface area is 254 Å². The number of hydrogen-bond acceptors (Lipinski definition) is 14. The van der Waals surface area contributed by atoms with Crippen molar-refractivity contribution in [3.05, 3.63) is 52.2 Å². The molecule has 2 fully saturated rings. The Bertz CT molecular complexity index is 1480. The van der Waals surface area contributed by atoms with Crippen LogP contribution in [0.25, 0.3) is 0 Å². The lowest BCUT2D eigenvalue weighted by Crippen LogP contribution is -2.71. The van der Waals surface area contributed by atoms with Gasteiger partial charge in [-0.15, -0.1) is 23.1 Å². The van der Waals surface area contributed by atoms with Gasteiger partial charge in [-0.05, 0) is 36.1 Å². The van der Waals surface area contributed by atoms with E-state index >= 15 is 0 Å². The number of methoxy groups -OCH3 is 2. The number of esters is 2. The molecule has 1 aromatic carbocycles. The van der Waals surface area contributed by atoms with Crippen molar-refractivity contribution in [3.8, 4) is 5.75 Å². The number of carbonyl (C=O) groups excluding carboxylic acids is 4. The average Bonchev–Trinajstić information content (AvgIpc) is 3.69. The first-order chi connectivity index (χ1) is 20.7. The minimum absolute atomic E-state index is 0.0429. The van der Waals surface area contributed by atoms with E-state index in [0.717, 1.165) is 11.3 Å². The van der Waals surface area contributed by atoms with Crippen LogP contribution in [0.3, 0.4) is 0 Å². The van der Waals surface area contributed by atoms with Crippen molar-refractivity contribution in [1.82, 2.24) is 15.2 Å². The molecule has 0 bridgehead atoms. The zero-order chi connectivity index (χ0) is 30.7. The van der Waals surface area contributed by atoms with Gasteiger partial charge in [0.2, 0.25) is 0 Å².